The first-order valence-corrected chi connectivity index (χ1v) is 9.86. The SMILES string of the molecule is O=C(Oc1ccc2cc(C(=O)NC3CCCCC3)c(=O)oc2c1)c1cccc(F)c1. The van der Waals surface area contributed by atoms with Gasteiger partial charge in [-0.25, -0.2) is 14.0 Å². The van der Waals surface area contributed by atoms with Crippen LogP contribution in [0.15, 0.2) is 57.7 Å². The van der Waals surface area contributed by atoms with Gasteiger partial charge in [-0.1, -0.05) is 25.3 Å². The van der Waals surface area contributed by atoms with Gasteiger partial charge < -0.3 is 14.5 Å². The largest absolute Gasteiger partial charge is 0.423 e. The summed E-state index contributed by atoms with van der Waals surface area (Å²) in [4.78, 5) is 37.0. The van der Waals surface area contributed by atoms with Gasteiger partial charge in [-0.15, -0.1) is 0 Å². The summed E-state index contributed by atoms with van der Waals surface area (Å²) in [5.74, 6) is -1.59. The van der Waals surface area contributed by atoms with Gasteiger partial charge in [-0.2, -0.15) is 0 Å². The molecule has 1 N–H and O–H groups in total. The fourth-order valence-corrected chi connectivity index (χ4v) is 3.60. The highest BCUT2D eigenvalue weighted by Gasteiger charge is 2.20. The van der Waals surface area contributed by atoms with E-state index in [4.69, 9.17) is 9.15 Å². The first-order chi connectivity index (χ1) is 14.5. The molecule has 6 nitrogen and oxygen atoms in total. The Bertz CT molecular complexity index is 1160. The normalized spacial score (nSPS) is 14.4. The summed E-state index contributed by atoms with van der Waals surface area (Å²) in [5, 5.41) is 3.42. The Balaban J connectivity index is 1.54. The van der Waals surface area contributed by atoms with Crippen molar-refractivity contribution < 1.29 is 23.1 Å². The first kappa shape index (κ1) is 19.8. The van der Waals surface area contributed by atoms with Crippen molar-refractivity contribution >= 4 is 22.8 Å². The third-order valence-corrected chi connectivity index (χ3v) is 5.16. The van der Waals surface area contributed by atoms with Crippen molar-refractivity contribution in [1.82, 2.24) is 5.32 Å². The van der Waals surface area contributed by atoms with Gasteiger partial charge in [0.15, 0.2) is 0 Å². The number of benzene rings is 2. The van der Waals surface area contributed by atoms with Gasteiger partial charge in [-0.05, 0) is 49.2 Å². The standard InChI is InChI=1S/C23H20FNO5/c24-16-6-4-5-15(11-16)22(27)29-18-10-9-14-12-19(23(28)30-20(14)13-18)21(26)25-17-7-2-1-3-8-17/h4-6,9-13,17H,1-3,7-8H2,(H,25,26). The predicted molar refractivity (Wildman–Crippen MR) is 108 cm³/mol. The van der Waals surface area contributed by atoms with Crippen molar-refractivity contribution in [2.45, 2.75) is 38.1 Å². The number of esters is 1. The van der Waals surface area contributed by atoms with Crippen molar-refractivity contribution in [2.75, 3.05) is 0 Å². The number of halogens is 1. The number of rotatable bonds is 4. The summed E-state index contributed by atoms with van der Waals surface area (Å²) < 4.78 is 23.8. The molecule has 0 spiro atoms. The zero-order chi connectivity index (χ0) is 21.1. The highest BCUT2D eigenvalue weighted by Crippen LogP contribution is 2.22. The van der Waals surface area contributed by atoms with Crippen LogP contribution in [0.3, 0.4) is 0 Å². The molecule has 0 radical (unpaired) electrons. The summed E-state index contributed by atoms with van der Waals surface area (Å²) in [6.07, 6.45) is 5.11. The Morgan fingerprint density at radius 2 is 1.83 bits per heavy atom. The van der Waals surface area contributed by atoms with E-state index in [-0.39, 0.29) is 28.5 Å². The van der Waals surface area contributed by atoms with Crippen LogP contribution in [0.4, 0.5) is 4.39 Å². The van der Waals surface area contributed by atoms with Gasteiger partial charge in [-0.3, -0.25) is 4.79 Å². The lowest BCUT2D eigenvalue weighted by molar-refractivity contribution is 0.0734. The average molecular weight is 409 g/mol. The van der Waals surface area contributed by atoms with Crippen LogP contribution < -0.4 is 15.7 Å². The van der Waals surface area contributed by atoms with Gasteiger partial charge in [0.1, 0.15) is 22.7 Å². The molecule has 1 heterocycles. The zero-order valence-corrected chi connectivity index (χ0v) is 16.2. The highest BCUT2D eigenvalue weighted by molar-refractivity contribution is 5.97. The second-order valence-corrected chi connectivity index (χ2v) is 7.36. The highest BCUT2D eigenvalue weighted by atomic mass is 19.1. The molecule has 0 unspecified atom stereocenters. The summed E-state index contributed by atoms with van der Waals surface area (Å²) in [5.41, 5.74) is -0.577. The van der Waals surface area contributed by atoms with Crippen molar-refractivity contribution in [3.8, 4) is 5.75 Å². The average Bonchev–Trinajstić information content (AvgIpc) is 2.74. The quantitative estimate of drug-likeness (QED) is 0.396. The fraction of sp³-hybridized carbons (Fsp3) is 0.261. The summed E-state index contributed by atoms with van der Waals surface area (Å²) >= 11 is 0. The molecule has 0 saturated heterocycles. The lowest BCUT2D eigenvalue weighted by Crippen LogP contribution is -2.38. The molecule has 30 heavy (non-hydrogen) atoms. The van der Waals surface area contributed by atoms with E-state index in [1.807, 2.05) is 0 Å². The molecule has 4 rings (SSSR count). The van der Waals surface area contributed by atoms with Gasteiger partial charge in [0.25, 0.3) is 5.91 Å². The molecule has 1 aliphatic carbocycles. The van der Waals surface area contributed by atoms with E-state index in [0.717, 1.165) is 38.2 Å². The number of ether oxygens (including phenoxy) is 1. The second-order valence-electron chi connectivity index (χ2n) is 7.36. The van der Waals surface area contributed by atoms with Crippen LogP contribution in [0.2, 0.25) is 0 Å². The monoisotopic (exact) mass is 409 g/mol. The molecule has 0 bridgehead atoms. The molecule has 0 aliphatic heterocycles. The van der Waals surface area contributed by atoms with Crippen LogP contribution >= 0.6 is 0 Å². The molecule has 2 aromatic carbocycles. The Labute approximate surface area is 171 Å². The molecule has 3 aromatic rings. The van der Waals surface area contributed by atoms with E-state index in [1.165, 1.54) is 36.4 Å². The predicted octanol–water partition coefficient (Wildman–Crippen LogP) is 4.21. The van der Waals surface area contributed by atoms with Crippen molar-refractivity contribution in [3.63, 3.8) is 0 Å². The lowest BCUT2D eigenvalue weighted by Gasteiger charge is -2.22. The Hall–Kier alpha value is -3.48. The second kappa shape index (κ2) is 8.49. The molecular weight excluding hydrogens is 389 g/mol. The van der Waals surface area contributed by atoms with Crippen LogP contribution in [-0.2, 0) is 0 Å². The number of carbonyl (C=O) groups is 2. The molecule has 1 amide bonds. The van der Waals surface area contributed by atoms with E-state index in [0.29, 0.717) is 5.39 Å². The number of nitrogens with one attached hydrogen (secondary N) is 1. The molecule has 1 aliphatic rings. The van der Waals surface area contributed by atoms with Crippen LogP contribution in [0.5, 0.6) is 5.75 Å². The molecular formula is C23H20FNO5. The number of fused-ring (bicyclic) bond motifs is 1. The maximum atomic E-state index is 13.3. The molecule has 7 heteroatoms. The number of hydrogen-bond donors (Lipinski definition) is 1. The Morgan fingerprint density at radius 1 is 1.03 bits per heavy atom. The Kier molecular flexibility index (Phi) is 5.61. The first-order valence-electron chi connectivity index (χ1n) is 9.86. The summed E-state index contributed by atoms with van der Waals surface area (Å²) in [7, 11) is 0. The van der Waals surface area contributed by atoms with E-state index in [1.54, 1.807) is 6.07 Å². The van der Waals surface area contributed by atoms with Crippen molar-refractivity contribution in [1.29, 1.82) is 0 Å². The maximum absolute atomic E-state index is 13.3. The van der Waals surface area contributed by atoms with Crippen LogP contribution in [0.1, 0.15) is 52.8 Å². The van der Waals surface area contributed by atoms with E-state index < -0.39 is 23.3 Å². The van der Waals surface area contributed by atoms with E-state index in [2.05, 4.69) is 5.32 Å². The summed E-state index contributed by atoms with van der Waals surface area (Å²) in [6, 6.07) is 11.2. The zero-order valence-electron chi connectivity index (χ0n) is 16.2. The van der Waals surface area contributed by atoms with Crippen molar-refractivity contribution in [3.05, 3.63) is 75.9 Å². The van der Waals surface area contributed by atoms with Crippen LogP contribution in [0, 0.1) is 5.82 Å². The van der Waals surface area contributed by atoms with Gasteiger partial charge >= 0.3 is 11.6 Å². The smallest absolute Gasteiger partial charge is 0.349 e. The topological polar surface area (TPSA) is 85.6 Å². The van der Waals surface area contributed by atoms with Crippen molar-refractivity contribution in [2.24, 2.45) is 0 Å². The molecule has 1 fully saturated rings. The lowest BCUT2D eigenvalue weighted by atomic mass is 9.95. The molecule has 0 atom stereocenters. The third kappa shape index (κ3) is 4.40. The molecule has 1 aromatic heterocycles. The Morgan fingerprint density at radius 3 is 2.60 bits per heavy atom. The summed E-state index contributed by atoms with van der Waals surface area (Å²) in [6.45, 7) is 0. The van der Waals surface area contributed by atoms with Crippen LogP contribution in [-0.4, -0.2) is 17.9 Å². The minimum Gasteiger partial charge on any atom is -0.423 e. The van der Waals surface area contributed by atoms with Gasteiger partial charge in [0.2, 0.25) is 0 Å². The fourth-order valence-electron chi connectivity index (χ4n) is 3.60. The van der Waals surface area contributed by atoms with E-state index >= 15 is 0 Å². The van der Waals surface area contributed by atoms with Crippen LogP contribution in [0.25, 0.3) is 11.0 Å². The number of carbonyl (C=O) groups excluding carboxylic acids is 2. The maximum Gasteiger partial charge on any atom is 0.349 e. The van der Waals surface area contributed by atoms with Gasteiger partial charge in [0, 0.05) is 17.5 Å². The molecule has 154 valence electrons. The minimum atomic E-state index is -0.760. The van der Waals surface area contributed by atoms with Gasteiger partial charge in [0.05, 0.1) is 5.56 Å². The number of hydrogen-bond acceptors (Lipinski definition) is 5. The van der Waals surface area contributed by atoms with E-state index in [9.17, 15) is 18.8 Å². The third-order valence-electron chi connectivity index (χ3n) is 5.16. The minimum absolute atomic E-state index is 0.0578. The number of amides is 1. The molecule has 1 saturated carbocycles.